The number of hydrogen-bond donors (Lipinski definition) is 0. The number of amidine groups is 1. The van der Waals surface area contributed by atoms with E-state index in [1.54, 1.807) is 7.05 Å². The van der Waals surface area contributed by atoms with Gasteiger partial charge in [-0.05, 0) is 23.9 Å². The van der Waals surface area contributed by atoms with Crippen molar-refractivity contribution in [2.45, 2.75) is 13.3 Å². The van der Waals surface area contributed by atoms with E-state index >= 15 is 0 Å². The molecule has 0 aliphatic carbocycles. The van der Waals surface area contributed by atoms with Gasteiger partial charge in [0.1, 0.15) is 0 Å². The van der Waals surface area contributed by atoms with Crippen LogP contribution in [-0.4, -0.2) is 19.1 Å². The Morgan fingerprint density at radius 1 is 1.53 bits per heavy atom. The zero-order chi connectivity index (χ0) is 11.3. The molecular weight excluding hydrogens is 271 g/mol. The van der Waals surface area contributed by atoms with E-state index in [4.69, 9.17) is 0 Å². The average Bonchev–Trinajstić information content (AvgIpc) is 2.24. The lowest BCUT2D eigenvalue weighted by Crippen LogP contribution is -2.03. The average molecular weight is 285 g/mol. The summed E-state index contributed by atoms with van der Waals surface area (Å²) in [5, 5.41) is 1.11. The van der Waals surface area contributed by atoms with Crippen LogP contribution in [0.2, 0.25) is 0 Å². The van der Waals surface area contributed by atoms with E-state index in [-0.39, 0.29) is 0 Å². The molecule has 0 aromatic heterocycles. The van der Waals surface area contributed by atoms with Crippen LogP contribution < -0.4 is 5.30 Å². The van der Waals surface area contributed by atoms with Crippen LogP contribution >= 0.6 is 25.2 Å². The van der Waals surface area contributed by atoms with Crippen LogP contribution in [-0.2, 0) is 0 Å². The van der Waals surface area contributed by atoms with Crippen LogP contribution in [0.4, 0.5) is 0 Å². The van der Waals surface area contributed by atoms with E-state index in [0.29, 0.717) is 0 Å². The summed E-state index contributed by atoms with van der Waals surface area (Å²) in [6.07, 6.45) is 2.79. The summed E-state index contributed by atoms with van der Waals surface area (Å²) in [6, 6.07) is 6.06. The van der Waals surface area contributed by atoms with Crippen LogP contribution in [0.3, 0.4) is 0 Å². The third-order valence-electron chi connectivity index (χ3n) is 1.86. The molecule has 0 radical (unpaired) electrons. The SMILES string of the molecule is CCC=NC(=NC)c1ccc(Br)c(P)c1. The van der Waals surface area contributed by atoms with Crippen LogP contribution in [0.15, 0.2) is 32.7 Å². The Morgan fingerprint density at radius 2 is 2.27 bits per heavy atom. The second-order valence-corrected chi connectivity index (χ2v) is 4.48. The molecule has 1 atom stereocenters. The molecule has 2 nitrogen and oxygen atoms in total. The first kappa shape index (κ1) is 12.5. The normalized spacial score (nSPS) is 12.4. The van der Waals surface area contributed by atoms with Crippen molar-refractivity contribution in [1.29, 1.82) is 0 Å². The van der Waals surface area contributed by atoms with E-state index in [1.807, 2.05) is 24.4 Å². The Bertz CT molecular complexity index is 400. The van der Waals surface area contributed by atoms with Gasteiger partial charge in [0.2, 0.25) is 0 Å². The van der Waals surface area contributed by atoms with Crippen LogP contribution in [0, 0.1) is 0 Å². The fraction of sp³-hybridized carbons (Fsp3) is 0.273. The third-order valence-corrected chi connectivity index (χ3v) is 3.48. The Balaban J connectivity index is 3.04. The molecule has 0 N–H and O–H groups in total. The summed E-state index contributed by atoms with van der Waals surface area (Å²) in [5.74, 6) is 0.771. The molecule has 0 amide bonds. The molecule has 1 rings (SSSR count). The van der Waals surface area contributed by atoms with Gasteiger partial charge in [-0.3, -0.25) is 4.99 Å². The van der Waals surface area contributed by atoms with Crippen molar-refractivity contribution < 1.29 is 0 Å². The molecule has 0 aliphatic heterocycles. The summed E-state index contributed by atoms with van der Waals surface area (Å²) >= 11 is 3.45. The molecule has 0 bridgehead atoms. The minimum Gasteiger partial charge on any atom is -0.270 e. The van der Waals surface area contributed by atoms with Gasteiger partial charge in [0.05, 0.1) is 0 Å². The van der Waals surface area contributed by atoms with E-state index in [9.17, 15) is 0 Å². The summed E-state index contributed by atoms with van der Waals surface area (Å²) in [6.45, 7) is 2.06. The quantitative estimate of drug-likeness (QED) is 0.453. The fourth-order valence-electron chi connectivity index (χ4n) is 1.12. The minimum absolute atomic E-state index is 0.771. The van der Waals surface area contributed by atoms with Gasteiger partial charge in [-0.2, -0.15) is 0 Å². The molecule has 0 aliphatic rings. The van der Waals surface area contributed by atoms with Gasteiger partial charge in [0.15, 0.2) is 5.84 Å². The molecule has 0 saturated heterocycles. The number of hydrogen-bond acceptors (Lipinski definition) is 1. The Morgan fingerprint density at radius 3 is 2.80 bits per heavy atom. The highest BCUT2D eigenvalue weighted by atomic mass is 79.9. The summed E-state index contributed by atoms with van der Waals surface area (Å²) < 4.78 is 1.08. The highest BCUT2D eigenvalue weighted by Crippen LogP contribution is 2.12. The molecule has 0 fully saturated rings. The first-order valence-corrected chi connectivity index (χ1v) is 6.10. The number of halogens is 1. The maximum Gasteiger partial charge on any atom is 0.153 e. The lowest BCUT2D eigenvalue weighted by Gasteiger charge is -2.03. The molecule has 0 saturated carbocycles. The first-order valence-electron chi connectivity index (χ1n) is 4.73. The predicted octanol–water partition coefficient (Wildman–Crippen LogP) is 2.81. The Hall–Kier alpha value is -0.530. The summed E-state index contributed by atoms with van der Waals surface area (Å²) in [4.78, 5) is 8.46. The molecular formula is C11H14BrN2P. The topological polar surface area (TPSA) is 24.7 Å². The van der Waals surface area contributed by atoms with Crippen molar-refractivity contribution in [2.24, 2.45) is 9.98 Å². The fourth-order valence-corrected chi connectivity index (χ4v) is 1.64. The maximum atomic E-state index is 4.30. The second-order valence-electron chi connectivity index (χ2n) is 3.00. The van der Waals surface area contributed by atoms with E-state index in [0.717, 1.165) is 27.6 Å². The molecule has 80 valence electrons. The molecule has 1 aromatic rings. The Kier molecular flexibility index (Phi) is 5.13. The molecule has 15 heavy (non-hydrogen) atoms. The van der Waals surface area contributed by atoms with Crippen molar-refractivity contribution in [2.75, 3.05) is 7.05 Å². The number of aliphatic imine (C=N–C) groups is 2. The van der Waals surface area contributed by atoms with Gasteiger partial charge in [-0.15, -0.1) is 9.24 Å². The smallest absolute Gasteiger partial charge is 0.153 e. The van der Waals surface area contributed by atoms with Gasteiger partial charge < -0.3 is 0 Å². The Labute approximate surface area is 101 Å². The number of nitrogens with zero attached hydrogens (tertiary/aromatic N) is 2. The van der Waals surface area contributed by atoms with Gasteiger partial charge in [0.25, 0.3) is 0 Å². The van der Waals surface area contributed by atoms with Crippen LogP contribution in [0.5, 0.6) is 0 Å². The van der Waals surface area contributed by atoms with E-state index in [1.165, 1.54) is 0 Å². The zero-order valence-electron chi connectivity index (χ0n) is 8.87. The standard InChI is InChI=1S/C11H14BrN2P/c1-3-6-14-11(13-2)8-4-5-9(12)10(15)7-8/h4-7H,3,15H2,1-2H3. The van der Waals surface area contributed by atoms with Crippen molar-refractivity contribution in [3.8, 4) is 0 Å². The highest BCUT2D eigenvalue weighted by Gasteiger charge is 2.02. The monoisotopic (exact) mass is 284 g/mol. The minimum atomic E-state index is 0.771. The summed E-state index contributed by atoms with van der Waals surface area (Å²) in [7, 11) is 4.44. The lowest BCUT2D eigenvalue weighted by atomic mass is 10.2. The maximum absolute atomic E-state index is 4.30. The largest absolute Gasteiger partial charge is 0.270 e. The molecule has 0 heterocycles. The molecule has 4 heteroatoms. The van der Waals surface area contributed by atoms with Gasteiger partial charge in [0, 0.05) is 23.3 Å². The third kappa shape index (κ3) is 3.51. The highest BCUT2D eigenvalue weighted by molar-refractivity contribution is 9.10. The zero-order valence-corrected chi connectivity index (χ0v) is 11.6. The lowest BCUT2D eigenvalue weighted by molar-refractivity contribution is 1.31. The van der Waals surface area contributed by atoms with Crippen molar-refractivity contribution >= 4 is 42.5 Å². The van der Waals surface area contributed by atoms with Crippen LogP contribution in [0.1, 0.15) is 18.9 Å². The molecule has 1 aromatic carbocycles. The van der Waals surface area contributed by atoms with Crippen molar-refractivity contribution in [3.05, 3.63) is 28.2 Å². The number of benzene rings is 1. The number of rotatable bonds is 2. The molecule has 1 unspecified atom stereocenters. The predicted molar refractivity (Wildman–Crippen MR) is 74.7 cm³/mol. The van der Waals surface area contributed by atoms with Crippen molar-refractivity contribution in [1.82, 2.24) is 0 Å². The first-order chi connectivity index (χ1) is 7.19. The van der Waals surface area contributed by atoms with Gasteiger partial charge >= 0.3 is 0 Å². The van der Waals surface area contributed by atoms with E-state index in [2.05, 4.69) is 42.1 Å². The van der Waals surface area contributed by atoms with Crippen molar-refractivity contribution in [3.63, 3.8) is 0 Å². The van der Waals surface area contributed by atoms with Gasteiger partial charge in [-0.1, -0.05) is 28.9 Å². The molecule has 0 spiro atoms. The van der Waals surface area contributed by atoms with Crippen LogP contribution in [0.25, 0.3) is 0 Å². The van der Waals surface area contributed by atoms with Gasteiger partial charge in [-0.25, -0.2) is 4.99 Å². The summed E-state index contributed by atoms with van der Waals surface area (Å²) in [5.41, 5.74) is 1.04. The van der Waals surface area contributed by atoms with E-state index < -0.39 is 0 Å². The second kappa shape index (κ2) is 6.14.